The molecule has 31 heavy (non-hydrogen) atoms. The van der Waals surface area contributed by atoms with Crippen LogP contribution in [0.5, 0.6) is 0 Å². The van der Waals surface area contributed by atoms with Gasteiger partial charge in [-0.3, -0.25) is 10.1 Å². The third-order valence-corrected chi connectivity index (χ3v) is 7.91. The summed E-state index contributed by atoms with van der Waals surface area (Å²) < 4.78 is 32.3. The van der Waals surface area contributed by atoms with Gasteiger partial charge in [0.15, 0.2) is 0 Å². The molecule has 0 spiro atoms. The number of ether oxygens (including phenoxy) is 1. The van der Waals surface area contributed by atoms with Crippen molar-refractivity contribution in [3.63, 3.8) is 0 Å². The maximum absolute atomic E-state index is 12.9. The monoisotopic (exact) mass is 445 g/mol. The number of sulfonamides is 1. The van der Waals surface area contributed by atoms with Crippen LogP contribution in [-0.2, 0) is 27.6 Å². The van der Waals surface area contributed by atoms with Gasteiger partial charge >= 0.3 is 0 Å². The summed E-state index contributed by atoms with van der Waals surface area (Å²) in [5.74, 6) is 0. The van der Waals surface area contributed by atoms with E-state index < -0.39 is 14.9 Å². The van der Waals surface area contributed by atoms with Crippen LogP contribution in [0.2, 0.25) is 0 Å². The summed E-state index contributed by atoms with van der Waals surface area (Å²) in [6.45, 7) is 3.07. The molecule has 0 bridgehead atoms. The van der Waals surface area contributed by atoms with Crippen LogP contribution in [0.25, 0.3) is 0 Å². The highest BCUT2D eigenvalue weighted by Gasteiger charge is 2.29. The fourth-order valence-electron chi connectivity index (χ4n) is 4.22. The van der Waals surface area contributed by atoms with Crippen molar-refractivity contribution in [1.29, 1.82) is 0 Å². The molecule has 1 unspecified atom stereocenters. The number of nitro benzene ring substituents is 1. The van der Waals surface area contributed by atoms with Crippen LogP contribution in [0.3, 0.4) is 0 Å². The molecule has 4 rings (SSSR count). The fourth-order valence-corrected chi connectivity index (χ4v) is 5.65. The second-order valence-electron chi connectivity index (χ2n) is 8.05. The number of hydrogen-bond donors (Lipinski definition) is 1. The Morgan fingerprint density at radius 2 is 1.77 bits per heavy atom. The van der Waals surface area contributed by atoms with Crippen molar-refractivity contribution in [1.82, 2.24) is 4.31 Å². The Labute approximate surface area is 182 Å². The minimum atomic E-state index is -3.80. The molecule has 0 aromatic heterocycles. The van der Waals surface area contributed by atoms with Crippen molar-refractivity contribution in [3.05, 3.63) is 63.2 Å². The summed E-state index contributed by atoms with van der Waals surface area (Å²) in [6.07, 6.45) is 4.56. The van der Waals surface area contributed by atoms with Gasteiger partial charge in [0.05, 0.1) is 23.0 Å². The van der Waals surface area contributed by atoms with E-state index in [1.807, 2.05) is 6.92 Å². The van der Waals surface area contributed by atoms with Crippen molar-refractivity contribution in [2.75, 3.05) is 31.6 Å². The highest BCUT2D eigenvalue weighted by atomic mass is 32.2. The molecule has 1 aliphatic heterocycles. The molecule has 1 aliphatic carbocycles. The summed E-state index contributed by atoms with van der Waals surface area (Å²) >= 11 is 0. The van der Waals surface area contributed by atoms with Crippen LogP contribution in [0, 0.1) is 10.1 Å². The Kier molecular flexibility index (Phi) is 6.27. The van der Waals surface area contributed by atoms with E-state index >= 15 is 0 Å². The Balaban J connectivity index is 1.59. The first kappa shape index (κ1) is 21.7. The molecule has 0 radical (unpaired) electrons. The van der Waals surface area contributed by atoms with Gasteiger partial charge in [0, 0.05) is 25.2 Å². The number of nitro groups is 1. The van der Waals surface area contributed by atoms with E-state index in [9.17, 15) is 18.5 Å². The zero-order valence-electron chi connectivity index (χ0n) is 17.5. The van der Waals surface area contributed by atoms with Crippen molar-refractivity contribution in [2.45, 2.75) is 43.5 Å². The largest absolute Gasteiger partial charge is 0.379 e. The smallest absolute Gasteiger partial charge is 0.293 e. The molecule has 9 heteroatoms. The average molecular weight is 446 g/mol. The number of nitrogens with zero attached hydrogens (tertiary/aromatic N) is 2. The molecular formula is C22H27N3O5S. The third-order valence-electron chi connectivity index (χ3n) is 6.02. The second-order valence-corrected chi connectivity index (χ2v) is 9.99. The van der Waals surface area contributed by atoms with Crippen LogP contribution in [0.1, 0.15) is 42.5 Å². The zero-order valence-corrected chi connectivity index (χ0v) is 18.4. The zero-order chi connectivity index (χ0) is 22.0. The van der Waals surface area contributed by atoms with E-state index in [4.69, 9.17) is 4.74 Å². The van der Waals surface area contributed by atoms with E-state index in [1.165, 1.54) is 40.4 Å². The number of fused-ring (bicyclic) bond motifs is 1. The molecule has 2 aromatic rings. The summed E-state index contributed by atoms with van der Waals surface area (Å²) in [7, 11) is -3.80. The van der Waals surface area contributed by atoms with Gasteiger partial charge < -0.3 is 10.1 Å². The van der Waals surface area contributed by atoms with Gasteiger partial charge in [-0.15, -0.1) is 0 Å². The summed E-state index contributed by atoms with van der Waals surface area (Å²) in [6, 6.07) is 10.3. The SMILES string of the molecule is CC(Nc1ccc(S(=O)(=O)N2CCOCC2)cc1[N+](=O)[O-])c1ccc2c(c1)CCCC2. The van der Waals surface area contributed by atoms with Crippen LogP contribution in [-0.4, -0.2) is 43.9 Å². The lowest BCUT2D eigenvalue weighted by Crippen LogP contribution is -2.40. The van der Waals surface area contributed by atoms with Crippen molar-refractivity contribution < 1.29 is 18.1 Å². The Hall–Kier alpha value is -2.49. The first-order valence-corrected chi connectivity index (χ1v) is 12.0. The van der Waals surface area contributed by atoms with E-state index in [-0.39, 0.29) is 29.7 Å². The van der Waals surface area contributed by atoms with E-state index in [2.05, 4.69) is 23.5 Å². The van der Waals surface area contributed by atoms with Gasteiger partial charge in [0.25, 0.3) is 5.69 Å². The molecule has 2 aromatic carbocycles. The number of aryl methyl sites for hydroxylation is 2. The maximum atomic E-state index is 12.9. The van der Waals surface area contributed by atoms with Gasteiger partial charge in [-0.05, 0) is 61.4 Å². The number of anilines is 1. The molecule has 1 heterocycles. The summed E-state index contributed by atoms with van der Waals surface area (Å²) in [4.78, 5) is 11.1. The minimum Gasteiger partial charge on any atom is -0.379 e. The highest BCUT2D eigenvalue weighted by molar-refractivity contribution is 7.89. The highest BCUT2D eigenvalue weighted by Crippen LogP contribution is 2.33. The van der Waals surface area contributed by atoms with Crippen molar-refractivity contribution >= 4 is 21.4 Å². The van der Waals surface area contributed by atoms with Crippen LogP contribution < -0.4 is 5.32 Å². The molecule has 2 aliphatic rings. The molecule has 0 amide bonds. The first-order valence-electron chi connectivity index (χ1n) is 10.6. The van der Waals surface area contributed by atoms with Crippen LogP contribution in [0.15, 0.2) is 41.3 Å². The average Bonchev–Trinajstić information content (AvgIpc) is 2.79. The van der Waals surface area contributed by atoms with Crippen LogP contribution in [0.4, 0.5) is 11.4 Å². The minimum absolute atomic E-state index is 0.0758. The third kappa shape index (κ3) is 4.58. The topological polar surface area (TPSA) is 102 Å². The van der Waals surface area contributed by atoms with Gasteiger partial charge in [-0.25, -0.2) is 8.42 Å². The molecule has 1 atom stereocenters. The van der Waals surface area contributed by atoms with E-state index in [0.29, 0.717) is 18.9 Å². The quantitative estimate of drug-likeness (QED) is 0.538. The number of benzene rings is 2. The standard InChI is InChI=1S/C22H27N3O5S/c1-16(18-7-6-17-4-2-3-5-19(17)14-18)23-21-9-8-20(15-22(21)25(26)27)31(28,29)24-10-12-30-13-11-24/h6-9,14-16,23H,2-5,10-13H2,1H3. The number of nitrogens with one attached hydrogen (secondary N) is 1. The summed E-state index contributed by atoms with van der Waals surface area (Å²) in [5.41, 5.74) is 3.83. The molecule has 0 saturated carbocycles. The molecule has 8 nitrogen and oxygen atoms in total. The number of morpholine rings is 1. The van der Waals surface area contributed by atoms with Crippen LogP contribution >= 0.6 is 0 Å². The van der Waals surface area contributed by atoms with Gasteiger partial charge in [0.2, 0.25) is 10.0 Å². The maximum Gasteiger partial charge on any atom is 0.293 e. The number of hydrogen-bond acceptors (Lipinski definition) is 6. The predicted molar refractivity (Wildman–Crippen MR) is 118 cm³/mol. The second kappa shape index (κ2) is 8.94. The molecule has 1 fully saturated rings. The van der Waals surface area contributed by atoms with Gasteiger partial charge in [-0.2, -0.15) is 4.31 Å². The molecule has 1 saturated heterocycles. The Morgan fingerprint density at radius 3 is 2.48 bits per heavy atom. The lowest BCUT2D eigenvalue weighted by Gasteiger charge is -2.26. The first-order chi connectivity index (χ1) is 14.9. The van der Waals surface area contributed by atoms with E-state index in [1.54, 1.807) is 0 Å². The molecule has 1 N–H and O–H groups in total. The Morgan fingerprint density at radius 1 is 1.06 bits per heavy atom. The van der Waals surface area contributed by atoms with Gasteiger partial charge in [-0.1, -0.05) is 18.2 Å². The normalized spacial score (nSPS) is 18.2. The predicted octanol–water partition coefficient (Wildman–Crippen LogP) is 3.67. The molecular weight excluding hydrogens is 418 g/mol. The number of rotatable bonds is 6. The molecule has 166 valence electrons. The van der Waals surface area contributed by atoms with Gasteiger partial charge in [0.1, 0.15) is 5.69 Å². The Bertz CT molecular complexity index is 1080. The van der Waals surface area contributed by atoms with Crippen molar-refractivity contribution in [2.24, 2.45) is 0 Å². The lowest BCUT2D eigenvalue weighted by atomic mass is 9.89. The summed E-state index contributed by atoms with van der Waals surface area (Å²) in [5, 5.41) is 14.9. The van der Waals surface area contributed by atoms with E-state index in [0.717, 1.165) is 24.5 Å². The fraction of sp³-hybridized carbons (Fsp3) is 0.455. The lowest BCUT2D eigenvalue weighted by molar-refractivity contribution is -0.384. The van der Waals surface area contributed by atoms with Crippen molar-refractivity contribution in [3.8, 4) is 0 Å².